The van der Waals surface area contributed by atoms with Gasteiger partial charge in [0.2, 0.25) is 0 Å². The Bertz CT molecular complexity index is 77.6. The minimum atomic E-state index is -1.90. The van der Waals surface area contributed by atoms with Crippen LogP contribution in [0, 0.1) is 0 Å². The van der Waals surface area contributed by atoms with E-state index in [1.54, 1.807) is 6.66 Å². The summed E-state index contributed by atoms with van der Waals surface area (Å²) in [5, 5.41) is 0. The molecule has 0 aliphatic carbocycles. The van der Waals surface area contributed by atoms with Gasteiger partial charge in [0, 0.05) is 0 Å². The van der Waals surface area contributed by atoms with E-state index in [0.717, 1.165) is 0 Å². The summed E-state index contributed by atoms with van der Waals surface area (Å²) in [4.78, 5) is 0. The Kier molecular flexibility index (Phi) is 0.988. The quantitative estimate of drug-likeness (QED) is 0.321. The highest BCUT2D eigenvalue weighted by Crippen LogP contribution is 1.99. The third-order valence-electron chi connectivity index (χ3n) is 0. The first kappa shape index (κ1) is 1.99. The van der Waals surface area contributed by atoms with Gasteiger partial charge in [-0.05, 0) is 8.00 Å². The van der Waals surface area contributed by atoms with Gasteiger partial charge in [-0.3, -0.25) is 0 Å². The minimum absolute atomic E-state index is 0.113. The van der Waals surface area contributed by atoms with E-state index in [1.807, 2.05) is 0 Å². The van der Waals surface area contributed by atoms with Crippen LogP contribution in [0.25, 0.3) is 0 Å². The molecule has 0 N–H and O–H groups in total. The van der Waals surface area contributed by atoms with Crippen LogP contribution >= 0.6 is 6.52 Å². The molecule has 1 atom stereocenters. The molecule has 0 spiro atoms. The molecule has 4 heavy (non-hydrogen) atoms. The lowest BCUT2D eigenvalue weighted by Crippen LogP contribution is -1.37. The molecular formula is CH6BPS. The van der Waals surface area contributed by atoms with Gasteiger partial charge in [0.25, 0.3) is 0 Å². The summed E-state index contributed by atoms with van der Waals surface area (Å²) in [6.07, 6.45) is 0. The Morgan fingerprint density at radius 1 is 2.75 bits per heavy atom. The SMILES string of the molecule is [2H]BP([2H])(C)=S. The van der Waals surface area contributed by atoms with Gasteiger partial charge in [0.15, 0.2) is 0 Å². The second-order valence-electron chi connectivity index (χ2n) is 0.628. The van der Waals surface area contributed by atoms with E-state index in [4.69, 9.17) is 2.61 Å². The van der Waals surface area contributed by atoms with Crippen molar-refractivity contribution in [2.75, 3.05) is 6.66 Å². The molecule has 3 heteroatoms. The molecule has 0 aliphatic rings. The first-order chi connectivity index (χ1) is 2.56. The molecule has 0 nitrogen and oxygen atoms in total. The normalized spacial score (nSPS) is 29.2. The lowest BCUT2D eigenvalue weighted by molar-refractivity contribution is 2.50. The summed E-state index contributed by atoms with van der Waals surface area (Å²) in [7, 11) is 0.113. The Balaban J connectivity index is 3.48. The van der Waals surface area contributed by atoms with Crippen molar-refractivity contribution >= 4 is 25.9 Å². The molecule has 0 aromatic carbocycles. The molecule has 0 aliphatic heterocycles. The van der Waals surface area contributed by atoms with Crippen LogP contribution in [0.1, 0.15) is 0 Å². The Morgan fingerprint density at radius 2 is 3.00 bits per heavy atom. The topological polar surface area (TPSA) is 0 Å². The summed E-state index contributed by atoms with van der Waals surface area (Å²) >= 11 is 4.58. The van der Waals surface area contributed by atoms with Gasteiger partial charge in [-0.2, -0.15) is 0 Å². The predicted octanol–water partition coefficient (Wildman–Crippen LogP) is -0.160. The Hall–Kier alpha value is 0.715. The zero-order valence-corrected chi connectivity index (χ0v) is 4.27. The molecule has 24 valence electrons. The summed E-state index contributed by atoms with van der Waals surface area (Å²) in [5.41, 5.74) is 0. The van der Waals surface area contributed by atoms with Crippen molar-refractivity contribution in [3.8, 4) is 0 Å². The molecule has 0 heterocycles. The third-order valence-corrected chi connectivity index (χ3v) is 0. The van der Waals surface area contributed by atoms with E-state index in [-0.39, 0.29) is 7.53 Å². The average Bonchev–Trinajstić information content (AvgIpc) is 1.35. The minimum Gasteiger partial charge on any atom is -0.112 e. The molecule has 0 bridgehead atoms. The van der Waals surface area contributed by atoms with E-state index in [1.165, 1.54) is 0 Å². The largest absolute Gasteiger partial charge is 0.144 e. The molecule has 1 unspecified atom stereocenters. The van der Waals surface area contributed by atoms with Gasteiger partial charge in [-0.1, -0.05) is 6.52 Å². The zero-order valence-electron chi connectivity index (χ0n) is 4.56. The first-order valence-corrected chi connectivity index (χ1v) is 3.93. The molecule has 0 saturated heterocycles. The number of rotatable bonds is 1. The van der Waals surface area contributed by atoms with Crippen molar-refractivity contribution in [1.29, 1.82) is 2.61 Å². The molecule has 0 saturated carbocycles. The van der Waals surface area contributed by atoms with Gasteiger partial charge in [-0.25, -0.2) is 0 Å². The fraction of sp³-hybridized carbons (Fsp3) is 1.00. The lowest BCUT2D eigenvalue weighted by Gasteiger charge is -1.62. The highest BCUT2D eigenvalue weighted by molar-refractivity contribution is 8.16. The van der Waals surface area contributed by atoms with E-state index < -0.39 is 6.52 Å². The van der Waals surface area contributed by atoms with Crippen LogP contribution in [0.3, 0.4) is 0 Å². The lowest BCUT2D eigenvalue weighted by atomic mass is 10.8. The van der Waals surface area contributed by atoms with E-state index in [0.29, 0.717) is 0 Å². The van der Waals surface area contributed by atoms with Crippen LogP contribution in [0.2, 0.25) is 0 Å². The predicted molar refractivity (Wildman–Crippen MR) is 30.1 cm³/mol. The van der Waals surface area contributed by atoms with E-state index in [9.17, 15) is 0 Å². The van der Waals surface area contributed by atoms with Crippen LogP contribution < -0.4 is 0 Å². The molecular weight excluding hydrogens is 85.9 g/mol. The molecule has 0 fully saturated rings. The van der Waals surface area contributed by atoms with E-state index in [2.05, 4.69) is 11.8 Å². The maximum atomic E-state index is 6.92. The fourth-order valence-electron chi connectivity index (χ4n) is 0. The van der Waals surface area contributed by atoms with Crippen LogP contribution in [0.15, 0.2) is 0 Å². The maximum Gasteiger partial charge on any atom is 0.144 e. The van der Waals surface area contributed by atoms with Crippen molar-refractivity contribution in [2.45, 2.75) is 0 Å². The van der Waals surface area contributed by atoms with Crippen LogP contribution in [0.4, 0.5) is 0 Å². The Labute approximate surface area is 36.0 Å². The van der Waals surface area contributed by atoms with Gasteiger partial charge in [0.1, 0.15) is 7.53 Å². The highest BCUT2D eigenvalue weighted by Gasteiger charge is 1.55. The van der Waals surface area contributed by atoms with Crippen LogP contribution in [-0.2, 0) is 11.8 Å². The van der Waals surface area contributed by atoms with Gasteiger partial charge < -0.3 is 0 Å². The van der Waals surface area contributed by atoms with Crippen molar-refractivity contribution in [3.05, 3.63) is 0 Å². The van der Waals surface area contributed by atoms with Crippen molar-refractivity contribution in [3.63, 3.8) is 0 Å². The second kappa shape index (κ2) is 1.98. The van der Waals surface area contributed by atoms with Gasteiger partial charge >= 0.3 is 0 Å². The summed E-state index contributed by atoms with van der Waals surface area (Å²) in [6.45, 7) is -0.248. The van der Waals surface area contributed by atoms with Gasteiger partial charge in [0.05, 0.1) is 1.28 Å². The highest BCUT2D eigenvalue weighted by atomic mass is 32.4. The molecule has 0 aromatic rings. The smallest absolute Gasteiger partial charge is 0.112 e. The monoisotopic (exact) mass is 94.0 g/mol. The average molecular weight is 93.9 g/mol. The number of hydrogen-bond donors (Lipinski definition) is 0. The van der Waals surface area contributed by atoms with Crippen LogP contribution in [0.5, 0.6) is 0 Å². The molecule has 0 radical (unpaired) electrons. The summed E-state index contributed by atoms with van der Waals surface area (Å²) in [5.74, 6) is 0. The van der Waals surface area contributed by atoms with Gasteiger partial charge in [-0.15, -0.1) is 11.8 Å². The fourth-order valence-corrected chi connectivity index (χ4v) is 0. The van der Waals surface area contributed by atoms with Crippen molar-refractivity contribution < 1.29 is 0 Å². The zero-order chi connectivity index (χ0) is 5.21. The van der Waals surface area contributed by atoms with Crippen molar-refractivity contribution in [1.82, 2.24) is 0 Å². The first-order valence-electron chi connectivity index (χ1n) is 2.10. The third kappa shape index (κ3) is 15.6. The summed E-state index contributed by atoms with van der Waals surface area (Å²) < 4.78 is 13.5. The summed E-state index contributed by atoms with van der Waals surface area (Å²) in [6, 6.07) is 0. The maximum absolute atomic E-state index is 6.92. The molecule has 0 aromatic heterocycles. The number of hydrogen-bond acceptors (Lipinski definition) is 1. The molecule has 0 rings (SSSR count). The van der Waals surface area contributed by atoms with Crippen LogP contribution in [-0.4, -0.2) is 16.8 Å². The molecule has 0 amide bonds. The standard InChI is InChI=1S/CH6BPS/c1-3(2)4/h3H,2H2,1H3/i2D,3D. The second-order valence-corrected chi connectivity index (χ2v) is 3.75. The van der Waals surface area contributed by atoms with Crippen molar-refractivity contribution in [2.24, 2.45) is 0 Å². The van der Waals surface area contributed by atoms with E-state index >= 15 is 0 Å². The Morgan fingerprint density at radius 3 is 3.00 bits per heavy atom.